The molecule has 0 aliphatic rings. The summed E-state index contributed by atoms with van der Waals surface area (Å²) in [6.45, 7) is 4.47. The smallest absolute Gasteiger partial charge is 0.115 e. The third-order valence-electron chi connectivity index (χ3n) is 2.41. The molecular formula is C13H18O2S2. The zero-order valence-corrected chi connectivity index (χ0v) is 11.8. The Morgan fingerprint density at radius 1 is 1.29 bits per heavy atom. The Kier molecular flexibility index (Phi) is 5.43. The lowest BCUT2D eigenvalue weighted by molar-refractivity contribution is 0.279. The first kappa shape index (κ1) is 14.5. The lowest BCUT2D eigenvalue weighted by Crippen LogP contribution is -2.17. The second-order valence-corrected chi connectivity index (χ2v) is 6.91. The summed E-state index contributed by atoms with van der Waals surface area (Å²) in [4.78, 5) is 0. The molecule has 0 radical (unpaired) electrons. The molecule has 1 aromatic rings. The number of aliphatic hydroxyl groups excluding tert-OH is 1. The summed E-state index contributed by atoms with van der Waals surface area (Å²) in [6, 6.07) is 6.94. The molecule has 0 saturated carbocycles. The van der Waals surface area contributed by atoms with Gasteiger partial charge in [0.1, 0.15) is 5.75 Å². The number of thioether (sulfide) groups is 1. The van der Waals surface area contributed by atoms with Crippen LogP contribution in [0.15, 0.2) is 24.3 Å². The second-order valence-electron chi connectivity index (χ2n) is 4.52. The largest absolute Gasteiger partial charge is 0.508 e. The van der Waals surface area contributed by atoms with Crippen LogP contribution in [0.4, 0.5) is 0 Å². The summed E-state index contributed by atoms with van der Waals surface area (Å²) >= 11 is 7.02. The van der Waals surface area contributed by atoms with Crippen LogP contribution in [0.3, 0.4) is 0 Å². The van der Waals surface area contributed by atoms with Crippen molar-refractivity contribution in [3.63, 3.8) is 0 Å². The topological polar surface area (TPSA) is 40.5 Å². The summed E-state index contributed by atoms with van der Waals surface area (Å²) in [5.74, 6) is 0.251. The van der Waals surface area contributed by atoms with Gasteiger partial charge in [-0.25, -0.2) is 0 Å². The Morgan fingerprint density at radius 3 is 2.41 bits per heavy atom. The van der Waals surface area contributed by atoms with Crippen LogP contribution in [-0.2, 0) is 0 Å². The van der Waals surface area contributed by atoms with Gasteiger partial charge in [0.2, 0.25) is 0 Å². The average Bonchev–Trinajstić information content (AvgIpc) is 2.26. The van der Waals surface area contributed by atoms with E-state index in [4.69, 9.17) is 17.3 Å². The number of phenolic OH excluding ortho intramolecular Hbond substituents is 1. The van der Waals surface area contributed by atoms with Crippen LogP contribution in [0.2, 0.25) is 0 Å². The van der Waals surface area contributed by atoms with Crippen LogP contribution in [-0.4, -0.2) is 25.8 Å². The Morgan fingerprint density at radius 2 is 1.88 bits per heavy atom. The van der Waals surface area contributed by atoms with E-state index < -0.39 is 0 Å². The third kappa shape index (κ3) is 5.06. The molecule has 0 atom stereocenters. The van der Waals surface area contributed by atoms with Gasteiger partial charge < -0.3 is 10.2 Å². The van der Waals surface area contributed by atoms with E-state index in [9.17, 15) is 5.11 Å². The second kappa shape index (κ2) is 6.38. The lowest BCUT2D eigenvalue weighted by Gasteiger charge is -2.23. The van der Waals surface area contributed by atoms with Crippen LogP contribution < -0.4 is 0 Å². The first-order valence-electron chi connectivity index (χ1n) is 5.58. The molecule has 0 bridgehead atoms. The van der Waals surface area contributed by atoms with Crippen molar-refractivity contribution in [2.75, 3.05) is 6.61 Å². The van der Waals surface area contributed by atoms with Crippen molar-refractivity contribution in [1.82, 2.24) is 0 Å². The molecule has 2 nitrogen and oxygen atoms in total. The maximum atomic E-state index is 9.21. The summed E-state index contributed by atoms with van der Waals surface area (Å²) in [7, 11) is 0. The number of aromatic hydroxyl groups is 1. The van der Waals surface area contributed by atoms with Crippen molar-refractivity contribution < 1.29 is 10.2 Å². The zero-order chi connectivity index (χ0) is 12.9. The molecule has 0 aliphatic carbocycles. The fraction of sp³-hybridized carbons (Fsp3) is 0.462. The van der Waals surface area contributed by atoms with Crippen LogP contribution in [0.1, 0.15) is 32.3 Å². The highest BCUT2D eigenvalue weighted by molar-refractivity contribution is 8.24. The number of hydrogen-bond acceptors (Lipinski definition) is 4. The van der Waals surface area contributed by atoms with E-state index in [1.165, 1.54) is 0 Å². The van der Waals surface area contributed by atoms with Gasteiger partial charge in [-0.1, -0.05) is 26.1 Å². The molecule has 0 aliphatic heterocycles. The van der Waals surface area contributed by atoms with Crippen molar-refractivity contribution in [2.24, 2.45) is 0 Å². The van der Waals surface area contributed by atoms with Crippen molar-refractivity contribution in [1.29, 1.82) is 0 Å². The molecule has 0 saturated heterocycles. The maximum absolute atomic E-state index is 9.21. The molecule has 0 heterocycles. The van der Waals surface area contributed by atoms with Crippen LogP contribution in [0.5, 0.6) is 5.75 Å². The first-order chi connectivity index (χ1) is 7.94. The Labute approximate surface area is 112 Å². The van der Waals surface area contributed by atoms with Gasteiger partial charge in [0.05, 0.1) is 4.20 Å². The highest BCUT2D eigenvalue weighted by atomic mass is 32.2. The van der Waals surface area contributed by atoms with E-state index in [0.717, 1.165) is 22.6 Å². The van der Waals surface area contributed by atoms with E-state index in [1.807, 2.05) is 12.1 Å². The quantitative estimate of drug-likeness (QED) is 0.805. The van der Waals surface area contributed by atoms with E-state index in [1.54, 1.807) is 23.9 Å². The van der Waals surface area contributed by atoms with Gasteiger partial charge in [-0.15, -0.1) is 11.8 Å². The normalized spacial score (nSPS) is 11.5. The predicted molar refractivity (Wildman–Crippen MR) is 77.8 cm³/mol. The van der Waals surface area contributed by atoms with Gasteiger partial charge in [0, 0.05) is 11.4 Å². The van der Waals surface area contributed by atoms with Crippen LogP contribution >= 0.6 is 24.0 Å². The SMILES string of the molecule is CC(C)(CCCO)SC(=S)c1ccc(O)cc1. The van der Waals surface area contributed by atoms with Crippen molar-refractivity contribution in [3.8, 4) is 5.75 Å². The van der Waals surface area contributed by atoms with Crippen molar-refractivity contribution in [2.45, 2.75) is 31.4 Å². The number of thiocarbonyl (C=S) groups is 1. The van der Waals surface area contributed by atoms with E-state index in [-0.39, 0.29) is 17.1 Å². The number of hydrogen-bond donors (Lipinski definition) is 2. The van der Waals surface area contributed by atoms with Gasteiger partial charge in [0.25, 0.3) is 0 Å². The molecule has 0 unspecified atom stereocenters. The average molecular weight is 270 g/mol. The molecule has 4 heteroatoms. The Balaban J connectivity index is 2.62. The fourth-order valence-corrected chi connectivity index (χ4v) is 3.28. The minimum atomic E-state index is 0.0255. The van der Waals surface area contributed by atoms with Crippen LogP contribution in [0, 0.1) is 0 Å². The molecule has 1 rings (SSSR count). The predicted octanol–water partition coefficient (Wildman–Crippen LogP) is 3.35. The van der Waals surface area contributed by atoms with Gasteiger partial charge >= 0.3 is 0 Å². The fourth-order valence-electron chi connectivity index (χ4n) is 1.46. The molecule has 1 aromatic carbocycles. The van der Waals surface area contributed by atoms with E-state index in [2.05, 4.69) is 13.8 Å². The minimum absolute atomic E-state index is 0.0255. The Bertz CT molecular complexity index is 372. The molecule has 0 fully saturated rings. The number of aliphatic hydroxyl groups is 1. The van der Waals surface area contributed by atoms with Gasteiger partial charge in [-0.3, -0.25) is 0 Å². The molecular weight excluding hydrogens is 252 g/mol. The first-order valence-corrected chi connectivity index (χ1v) is 6.80. The monoisotopic (exact) mass is 270 g/mol. The van der Waals surface area contributed by atoms with E-state index >= 15 is 0 Å². The number of rotatable bonds is 5. The summed E-state index contributed by atoms with van der Waals surface area (Å²) in [5, 5.41) is 18.1. The molecule has 0 amide bonds. The highest BCUT2D eigenvalue weighted by Crippen LogP contribution is 2.33. The number of phenols is 1. The van der Waals surface area contributed by atoms with Gasteiger partial charge in [-0.05, 0) is 42.7 Å². The molecule has 94 valence electrons. The van der Waals surface area contributed by atoms with Crippen LogP contribution in [0.25, 0.3) is 0 Å². The standard InChI is InChI=1S/C13H18O2S2/c1-13(2,8-3-9-14)17-12(16)10-4-6-11(15)7-5-10/h4-7,14-15H,3,8-9H2,1-2H3. The minimum Gasteiger partial charge on any atom is -0.508 e. The van der Waals surface area contributed by atoms with Crippen molar-refractivity contribution in [3.05, 3.63) is 29.8 Å². The maximum Gasteiger partial charge on any atom is 0.115 e. The lowest BCUT2D eigenvalue weighted by atomic mass is 10.1. The summed E-state index contributed by atoms with van der Waals surface area (Å²) in [6.07, 6.45) is 1.71. The summed E-state index contributed by atoms with van der Waals surface area (Å²) in [5.41, 5.74) is 0.958. The van der Waals surface area contributed by atoms with Crippen molar-refractivity contribution >= 4 is 28.2 Å². The summed E-state index contributed by atoms with van der Waals surface area (Å²) < 4.78 is 0.852. The number of benzene rings is 1. The zero-order valence-electron chi connectivity index (χ0n) is 10.1. The Hall–Kier alpha value is -0.580. The molecule has 2 N–H and O–H groups in total. The van der Waals surface area contributed by atoms with E-state index in [0.29, 0.717) is 0 Å². The molecule has 17 heavy (non-hydrogen) atoms. The highest BCUT2D eigenvalue weighted by Gasteiger charge is 2.20. The molecule has 0 spiro atoms. The molecule has 0 aromatic heterocycles. The van der Waals surface area contributed by atoms with Gasteiger partial charge in [-0.2, -0.15) is 0 Å². The van der Waals surface area contributed by atoms with Gasteiger partial charge in [0.15, 0.2) is 0 Å². The third-order valence-corrected chi connectivity index (χ3v) is 4.07.